The molecule has 0 radical (unpaired) electrons. The number of aromatic nitrogens is 2. The molecule has 0 bridgehead atoms. The summed E-state index contributed by atoms with van der Waals surface area (Å²) in [7, 11) is 0. The van der Waals surface area contributed by atoms with Crippen molar-refractivity contribution < 1.29 is 14.0 Å². The number of rotatable bonds is 3. The summed E-state index contributed by atoms with van der Waals surface area (Å²) in [6.45, 7) is 2.95. The van der Waals surface area contributed by atoms with Crippen LogP contribution in [0.5, 0.6) is 0 Å². The van der Waals surface area contributed by atoms with E-state index in [0.717, 1.165) is 6.07 Å². The second-order valence-corrected chi connectivity index (χ2v) is 4.44. The van der Waals surface area contributed by atoms with Crippen LogP contribution >= 0.6 is 0 Å². The number of nitrogens with one attached hydrogen (secondary N) is 3. The molecule has 8 heteroatoms. The predicted molar refractivity (Wildman–Crippen MR) is 76.4 cm³/mol. The van der Waals surface area contributed by atoms with Crippen LogP contribution in [-0.2, 0) is 4.79 Å². The lowest BCUT2D eigenvalue weighted by Gasteiger charge is -2.08. The molecular formula is C13H14FN5O2. The van der Waals surface area contributed by atoms with Crippen molar-refractivity contribution in [2.75, 3.05) is 16.4 Å². The number of aryl methyl sites for hydroxylation is 1. The van der Waals surface area contributed by atoms with Crippen molar-refractivity contribution in [3.63, 3.8) is 0 Å². The lowest BCUT2D eigenvalue weighted by atomic mass is 10.2. The molecule has 7 nitrogen and oxygen atoms in total. The number of nitrogen functional groups attached to an aromatic ring is 1. The Kier molecular flexibility index (Phi) is 3.88. The van der Waals surface area contributed by atoms with Crippen LogP contribution in [0.4, 0.5) is 21.5 Å². The molecule has 0 aliphatic carbocycles. The van der Waals surface area contributed by atoms with Crippen molar-refractivity contribution in [1.82, 2.24) is 10.2 Å². The highest BCUT2D eigenvalue weighted by Gasteiger charge is 2.16. The van der Waals surface area contributed by atoms with Crippen LogP contribution in [-0.4, -0.2) is 22.0 Å². The van der Waals surface area contributed by atoms with Gasteiger partial charge in [0.25, 0.3) is 5.91 Å². The van der Waals surface area contributed by atoms with Gasteiger partial charge < -0.3 is 16.4 Å². The number of nitrogens with two attached hydrogens (primary N) is 1. The van der Waals surface area contributed by atoms with Gasteiger partial charge in [0.15, 0.2) is 5.69 Å². The number of hydrogen-bond donors (Lipinski definition) is 4. The third-order valence-electron chi connectivity index (χ3n) is 2.74. The predicted octanol–water partition coefficient (Wildman–Crippen LogP) is 1.65. The highest BCUT2D eigenvalue weighted by molar-refractivity contribution is 6.06. The van der Waals surface area contributed by atoms with Crippen molar-refractivity contribution in [1.29, 1.82) is 0 Å². The number of aromatic amines is 1. The minimum absolute atomic E-state index is 0.0218. The molecule has 5 N–H and O–H groups in total. The van der Waals surface area contributed by atoms with Crippen molar-refractivity contribution >= 4 is 28.9 Å². The normalized spacial score (nSPS) is 10.2. The molecule has 110 valence electrons. The molecule has 0 saturated carbocycles. The lowest BCUT2D eigenvalue weighted by Crippen LogP contribution is -2.15. The molecule has 1 aromatic heterocycles. The zero-order valence-electron chi connectivity index (χ0n) is 11.5. The van der Waals surface area contributed by atoms with Crippen LogP contribution in [0.15, 0.2) is 18.2 Å². The Hall–Kier alpha value is -2.90. The Balaban J connectivity index is 2.21. The molecule has 2 aromatic rings. The third-order valence-corrected chi connectivity index (χ3v) is 2.74. The van der Waals surface area contributed by atoms with E-state index >= 15 is 0 Å². The summed E-state index contributed by atoms with van der Waals surface area (Å²) >= 11 is 0. The largest absolute Gasteiger partial charge is 0.395 e. The van der Waals surface area contributed by atoms with Gasteiger partial charge in [-0.3, -0.25) is 14.7 Å². The monoisotopic (exact) mass is 291 g/mol. The fraction of sp³-hybridized carbons (Fsp3) is 0.154. The molecule has 1 heterocycles. The van der Waals surface area contributed by atoms with Gasteiger partial charge in [-0.1, -0.05) is 0 Å². The van der Waals surface area contributed by atoms with E-state index in [2.05, 4.69) is 20.8 Å². The van der Waals surface area contributed by atoms with E-state index in [0.29, 0.717) is 11.4 Å². The van der Waals surface area contributed by atoms with Crippen LogP contribution in [0.2, 0.25) is 0 Å². The van der Waals surface area contributed by atoms with E-state index in [1.165, 1.54) is 19.1 Å². The Morgan fingerprint density at radius 1 is 1.33 bits per heavy atom. The Labute approximate surface area is 119 Å². The van der Waals surface area contributed by atoms with E-state index in [4.69, 9.17) is 5.73 Å². The fourth-order valence-electron chi connectivity index (χ4n) is 1.69. The number of carbonyl (C=O) groups is 2. The first kappa shape index (κ1) is 14.5. The van der Waals surface area contributed by atoms with Crippen LogP contribution in [0.25, 0.3) is 0 Å². The minimum Gasteiger partial charge on any atom is -0.395 e. The standard InChI is InChI=1S/C13H14FN5O2/c1-6-11(15)12(19-18-6)13(21)17-8-3-4-9(14)10(5-8)16-7(2)20/h3-5H,15H2,1-2H3,(H,16,20)(H,17,21)(H,18,19). The summed E-state index contributed by atoms with van der Waals surface area (Å²) in [5.74, 6) is -1.54. The number of benzene rings is 1. The topological polar surface area (TPSA) is 113 Å². The van der Waals surface area contributed by atoms with Gasteiger partial charge >= 0.3 is 0 Å². The smallest absolute Gasteiger partial charge is 0.278 e. The Morgan fingerprint density at radius 2 is 2.05 bits per heavy atom. The Morgan fingerprint density at radius 3 is 2.62 bits per heavy atom. The molecule has 0 aliphatic rings. The zero-order valence-corrected chi connectivity index (χ0v) is 11.5. The van der Waals surface area contributed by atoms with Gasteiger partial charge in [0.05, 0.1) is 17.1 Å². The summed E-state index contributed by atoms with van der Waals surface area (Å²) in [6.07, 6.45) is 0. The number of amides is 2. The molecule has 1 aromatic carbocycles. The van der Waals surface area contributed by atoms with Gasteiger partial charge in [-0.15, -0.1) is 0 Å². The maximum absolute atomic E-state index is 13.5. The first-order valence-corrected chi connectivity index (χ1v) is 6.07. The van der Waals surface area contributed by atoms with Crippen molar-refractivity contribution in [2.45, 2.75) is 13.8 Å². The number of H-pyrrole nitrogens is 1. The summed E-state index contributed by atoms with van der Waals surface area (Å²) in [5, 5.41) is 11.3. The fourth-order valence-corrected chi connectivity index (χ4v) is 1.69. The van der Waals surface area contributed by atoms with Gasteiger partial charge in [0, 0.05) is 12.6 Å². The second kappa shape index (κ2) is 5.61. The van der Waals surface area contributed by atoms with Gasteiger partial charge in [0.1, 0.15) is 5.82 Å². The number of anilines is 3. The van der Waals surface area contributed by atoms with E-state index in [1.807, 2.05) is 0 Å². The van der Waals surface area contributed by atoms with Crippen LogP contribution < -0.4 is 16.4 Å². The number of hydrogen-bond acceptors (Lipinski definition) is 4. The van der Waals surface area contributed by atoms with Gasteiger partial charge in [0.2, 0.25) is 5.91 Å². The average Bonchev–Trinajstić information content (AvgIpc) is 2.73. The first-order valence-electron chi connectivity index (χ1n) is 6.07. The van der Waals surface area contributed by atoms with Crippen LogP contribution in [0.3, 0.4) is 0 Å². The van der Waals surface area contributed by atoms with Crippen LogP contribution in [0.1, 0.15) is 23.1 Å². The summed E-state index contributed by atoms with van der Waals surface area (Å²) < 4.78 is 13.5. The SMILES string of the molecule is CC(=O)Nc1cc(NC(=O)c2n[nH]c(C)c2N)ccc1F. The van der Waals surface area contributed by atoms with Gasteiger partial charge in [-0.05, 0) is 25.1 Å². The lowest BCUT2D eigenvalue weighted by molar-refractivity contribution is -0.114. The summed E-state index contributed by atoms with van der Waals surface area (Å²) in [4.78, 5) is 23.0. The van der Waals surface area contributed by atoms with Crippen molar-refractivity contribution in [2.24, 2.45) is 0 Å². The second-order valence-electron chi connectivity index (χ2n) is 4.44. The molecule has 2 amide bonds. The first-order chi connectivity index (χ1) is 9.88. The average molecular weight is 291 g/mol. The third kappa shape index (κ3) is 3.16. The molecule has 0 fully saturated rings. The van der Waals surface area contributed by atoms with Crippen LogP contribution in [0, 0.1) is 12.7 Å². The maximum atomic E-state index is 13.5. The molecule has 21 heavy (non-hydrogen) atoms. The van der Waals surface area contributed by atoms with Crippen molar-refractivity contribution in [3.8, 4) is 0 Å². The van der Waals surface area contributed by atoms with E-state index in [9.17, 15) is 14.0 Å². The van der Waals surface area contributed by atoms with E-state index in [1.54, 1.807) is 6.92 Å². The summed E-state index contributed by atoms with van der Waals surface area (Å²) in [5.41, 5.74) is 6.88. The zero-order chi connectivity index (χ0) is 15.6. The van der Waals surface area contributed by atoms with E-state index < -0.39 is 17.6 Å². The number of nitrogens with zero attached hydrogens (tertiary/aromatic N) is 1. The highest BCUT2D eigenvalue weighted by Crippen LogP contribution is 2.21. The molecule has 0 aliphatic heterocycles. The molecule has 0 atom stereocenters. The highest BCUT2D eigenvalue weighted by atomic mass is 19.1. The van der Waals surface area contributed by atoms with Gasteiger partial charge in [-0.2, -0.15) is 5.10 Å². The number of halogens is 1. The molecule has 2 rings (SSSR count). The van der Waals surface area contributed by atoms with Crippen molar-refractivity contribution in [3.05, 3.63) is 35.4 Å². The molecule has 0 spiro atoms. The molecule has 0 unspecified atom stereocenters. The quantitative estimate of drug-likeness (QED) is 0.688. The minimum atomic E-state index is -0.599. The molecular weight excluding hydrogens is 277 g/mol. The maximum Gasteiger partial charge on any atom is 0.278 e. The summed E-state index contributed by atoms with van der Waals surface area (Å²) in [6, 6.07) is 3.82. The molecule has 0 saturated heterocycles. The number of carbonyl (C=O) groups excluding carboxylic acids is 2. The van der Waals surface area contributed by atoms with E-state index in [-0.39, 0.29) is 17.1 Å². The Bertz CT molecular complexity index is 711. The van der Waals surface area contributed by atoms with Gasteiger partial charge in [-0.25, -0.2) is 4.39 Å².